The Morgan fingerprint density at radius 1 is 1.41 bits per heavy atom. The lowest BCUT2D eigenvalue weighted by atomic mass is 10.0. The van der Waals surface area contributed by atoms with Crippen molar-refractivity contribution in [3.8, 4) is 0 Å². The fourth-order valence-electron chi connectivity index (χ4n) is 1.36. The van der Waals surface area contributed by atoms with Crippen molar-refractivity contribution in [1.82, 2.24) is 10.5 Å². The van der Waals surface area contributed by atoms with Gasteiger partial charge in [-0.25, -0.2) is 4.79 Å². The molecule has 0 atom stereocenters. The van der Waals surface area contributed by atoms with Gasteiger partial charge in [-0.05, 0) is 27.7 Å². The molecule has 1 rings (SSSR count). The van der Waals surface area contributed by atoms with Crippen LogP contribution in [0.4, 0.5) is 0 Å². The first kappa shape index (κ1) is 13.2. The van der Waals surface area contributed by atoms with Gasteiger partial charge in [0.25, 0.3) is 0 Å². The molecule has 0 fully saturated rings. The quantitative estimate of drug-likeness (QED) is 0.812. The van der Waals surface area contributed by atoms with Gasteiger partial charge in [0.2, 0.25) is 5.91 Å². The zero-order chi connectivity index (χ0) is 13.2. The summed E-state index contributed by atoms with van der Waals surface area (Å²) >= 11 is 0. The molecule has 0 bridgehead atoms. The van der Waals surface area contributed by atoms with Crippen molar-refractivity contribution in [3.05, 3.63) is 17.0 Å². The molecule has 0 saturated carbocycles. The van der Waals surface area contributed by atoms with Crippen molar-refractivity contribution < 1.29 is 19.2 Å². The van der Waals surface area contributed by atoms with Crippen LogP contribution in [0.25, 0.3) is 0 Å². The van der Waals surface area contributed by atoms with Crippen LogP contribution in [-0.4, -0.2) is 27.7 Å². The molecule has 17 heavy (non-hydrogen) atoms. The molecule has 0 aliphatic carbocycles. The van der Waals surface area contributed by atoms with Gasteiger partial charge in [0.05, 0.1) is 12.1 Å². The molecule has 1 heterocycles. The van der Waals surface area contributed by atoms with Crippen LogP contribution < -0.4 is 5.32 Å². The van der Waals surface area contributed by atoms with Gasteiger partial charge < -0.3 is 14.9 Å². The first-order valence-corrected chi connectivity index (χ1v) is 5.20. The molecule has 1 amide bonds. The second kappa shape index (κ2) is 4.57. The highest BCUT2D eigenvalue weighted by Crippen LogP contribution is 2.13. The third-order valence-corrected chi connectivity index (χ3v) is 2.51. The standard InChI is InChI=1S/C11H16N2O4/c1-6-8(7(2)17-13-6)5-9(14)12-11(3,4)10(15)16/h5H2,1-4H3,(H,12,14)(H,15,16). The van der Waals surface area contributed by atoms with Gasteiger partial charge in [0.1, 0.15) is 11.3 Å². The maximum Gasteiger partial charge on any atom is 0.328 e. The topological polar surface area (TPSA) is 92.4 Å². The van der Waals surface area contributed by atoms with Crippen LogP contribution in [0.15, 0.2) is 4.52 Å². The van der Waals surface area contributed by atoms with E-state index in [1.807, 2.05) is 0 Å². The summed E-state index contributed by atoms with van der Waals surface area (Å²) < 4.78 is 4.93. The maximum absolute atomic E-state index is 11.7. The highest BCUT2D eigenvalue weighted by atomic mass is 16.5. The predicted octanol–water partition coefficient (Wildman–Crippen LogP) is 0.813. The summed E-state index contributed by atoms with van der Waals surface area (Å²) in [4.78, 5) is 22.5. The number of aryl methyl sites for hydroxylation is 2. The maximum atomic E-state index is 11.7. The number of amides is 1. The van der Waals surface area contributed by atoms with E-state index in [9.17, 15) is 9.59 Å². The largest absolute Gasteiger partial charge is 0.480 e. The highest BCUT2D eigenvalue weighted by Gasteiger charge is 2.29. The fourth-order valence-corrected chi connectivity index (χ4v) is 1.36. The number of aromatic nitrogens is 1. The zero-order valence-electron chi connectivity index (χ0n) is 10.3. The van der Waals surface area contributed by atoms with Crippen LogP contribution in [-0.2, 0) is 16.0 Å². The molecule has 94 valence electrons. The number of rotatable bonds is 4. The van der Waals surface area contributed by atoms with Crippen LogP contribution in [0.3, 0.4) is 0 Å². The second-order valence-corrected chi connectivity index (χ2v) is 4.46. The molecule has 1 aromatic rings. The van der Waals surface area contributed by atoms with Crippen LogP contribution in [0.1, 0.15) is 30.9 Å². The Bertz CT molecular complexity index is 429. The van der Waals surface area contributed by atoms with Crippen molar-refractivity contribution >= 4 is 11.9 Å². The molecule has 0 unspecified atom stereocenters. The van der Waals surface area contributed by atoms with Crippen molar-refractivity contribution in [2.24, 2.45) is 0 Å². The summed E-state index contributed by atoms with van der Waals surface area (Å²) in [5, 5.41) is 15.0. The van der Waals surface area contributed by atoms with Gasteiger partial charge >= 0.3 is 5.97 Å². The molecule has 0 saturated heterocycles. The lowest BCUT2D eigenvalue weighted by Crippen LogP contribution is -2.50. The Morgan fingerprint density at radius 2 is 2.00 bits per heavy atom. The number of aliphatic carboxylic acids is 1. The molecule has 0 radical (unpaired) electrons. The molecule has 6 nitrogen and oxygen atoms in total. The Labute approximate surface area is 99.0 Å². The minimum atomic E-state index is -1.28. The van der Waals surface area contributed by atoms with E-state index in [0.29, 0.717) is 17.0 Å². The molecule has 0 aliphatic heterocycles. The van der Waals surface area contributed by atoms with E-state index in [4.69, 9.17) is 9.63 Å². The van der Waals surface area contributed by atoms with E-state index in [2.05, 4.69) is 10.5 Å². The minimum absolute atomic E-state index is 0.0673. The van der Waals surface area contributed by atoms with E-state index in [0.717, 1.165) is 0 Å². The Morgan fingerprint density at radius 3 is 2.41 bits per heavy atom. The zero-order valence-corrected chi connectivity index (χ0v) is 10.3. The third kappa shape index (κ3) is 3.05. The van der Waals surface area contributed by atoms with E-state index in [1.54, 1.807) is 13.8 Å². The number of hydrogen-bond donors (Lipinski definition) is 2. The molecule has 0 aromatic carbocycles. The molecule has 6 heteroatoms. The van der Waals surface area contributed by atoms with Gasteiger partial charge in [-0.15, -0.1) is 0 Å². The number of hydrogen-bond acceptors (Lipinski definition) is 4. The van der Waals surface area contributed by atoms with Crippen LogP contribution in [0.5, 0.6) is 0 Å². The summed E-state index contributed by atoms with van der Waals surface area (Å²) in [5.41, 5.74) is 0.0604. The van der Waals surface area contributed by atoms with Crippen molar-refractivity contribution in [3.63, 3.8) is 0 Å². The van der Waals surface area contributed by atoms with Gasteiger partial charge in [-0.1, -0.05) is 5.16 Å². The van der Waals surface area contributed by atoms with E-state index >= 15 is 0 Å². The van der Waals surface area contributed by atoms with Crippen LogP contribution >= 0.6 is 0 Å². The summed E-state index contributed by atoms with van der Waals surface area (Å²) in [6.45, 7) is 6.31. The summed E-state index contributed by atoms with van der Waals surface area (Å²) in [6.07, 6.45) is 0.0673. The fraction of sp³-hybridized carbons (Fsp3) is 0.545. The smallest absolute Gasteiger partial charge is 0.328 e. The van der Waals surface area contributed by atoms with E-state index in [1.165, 1.54) is 13.8 Å². The lowest BCUT2D eigenvalue weighted by molar-refractivity contribution is -0.145. The number of carbonyl (C=O) groups is 2. The van der Waals surface area contributed by atoms with Crippen LogP contribution in [0, 0.1) is 13.8 Å². The highest BCUT2D eigenvalue weighted by molar-refractivity contribution is 5.87. The molecule has 0 spiro atoms. The molecule has 1 aromatic heterocycles. The average molecular weight is 240 g/mol. The molecular weight excluding hydrogens is 224 g/mol. The number of carbonyl (C=O) groups excluding carboxylic acids is 1. The van der Waals surface area contributed by atoms with E-state index in [-0.39, 0.29) is 12.3 Å². The number of nitrogens with one attached hydrogen (secondary N) is 1. The Hall–Kier alpha value is -1.85. The van der Waals surface area contributed by atoms with Gasteiger partial charge in [0.15, 0.2) is 0 Å². The third-order valence-electron chi connectivity index (χ3n) is 2.51. The first-order chi connectivity index (χ1) is 7.74. The Balaban J connectivity index is 2.72. The number of nitrogens with zero attached hydrogens (tertiary/aromatic N) is 1. The first-order valence-electron chi connectivity index (χ1n) is 5.20. The summed E-state index contributed by atoms with van der Waals surface area (Å²) in [6, 6.07) is 0. The predicted molar refractivity (Wildman–Crippen MR) is 59.5 cm³/mol. The lowest BCUT2D eigenvalue weighted by Gasteiger charge is -2.20. The van der Waals surface area contributed by atoms with Crippen molar-refractivity contribution in [2.75, 3.05) is 0 Å². The Kier molecular flexibility index (Phi) is 3.55. The number of carboxylic acid groups (broad SMARTS) is 1. The van der Waals surface area contributed by atoms with Crippen molar-refractivity contribution in [1.29, 1.82) is 0 Å². The minimum Gasteiger partial charge on any atom is -0.480 e. The SMILES string of the molecule is Cc1noc(C)c1CC(=O)NC(C)(C)C(=O)O. The van der Waals surface area contributed by atoms with Gasteiger partial charge in [-0.2, -0.15) is 0 Å². The number of carboxylic acids is 1. The van der Waals surface area contributed by atoms with Crippen molar-refractivity contribution in [2.45, 2.75) is 39.7 Å². The second-order valence-electron chi connectivity index (χ2n) is 4.46. The monoisotopic (exact) mass is 240 g/mol. The van der Waals surface area contributed by atoms with Gasteiger partial charge in [-0.3, -0.25) is 4.79 Å². The summed E-state index contributed by atoms with van der Waals surface area (Å²) in [5.74, 6) is -0.873. The molecular formula is C11H16N2O4. The van der Waals surface area contributed by atoms with Crippen LogP contribution in [0.2, 0.25) is 0 Å². The summed E-state index contributed by atoms with van der Waals surface area (Å²) in [7, 11) is 0. The van der Waals surface area contributed by atoms with E-state index < -0.39 is 11.5 Å². The molecule has 0 aliphatic rings. The van der Waals surface area contributed by atoms with Gasteiger partial charge in [0, 0.05) is 5.56 Å². The normalized spacial score (nSPS) is 11.3. The average Bonchev–Trinajstić information content (AvgIpc) is 2.48. The molecule has 2 N–H and O–H groups in total.